The number of rotatable bonds is 8. The number of aliphatic hydroxyl groups excluding tert-OH is 1. The topological polar surface area (TPSA) is 199 Å². The first-order chi connectivity index (χ1) is 25.6. The molecular weight excluding hydrogens is 702 g/mol. The fraction of sp³-hybridized carbons (Fsp3) is 0.444. The second kappa shape index (κ2) is 14.0. The van der Waals surface area contributed by atoms with Gasteiger partial charge >= 0.3 is 12.1 Å². The van der Waals surface area contributed by atoms with Crippen LogP contribution in [0.15, 0.2) is 48.5 Å². The molecule has 5 unspecified atom stereocenters. The Bertz CT molecular complexity index is 1890. The summed E-state index contributed by atoms with van der Waals surface area (Å²) in [7, 11) is 2.75. The third kappa shape index (κ3) is 6.44. The summed E-state index contributed by atoms with van der Waals surface area (Å²) < 4.78 is 63.5. The summed E-state index contributed by atoms with van der Waals surface area (Å²) in [5.74, 6) is -1.41. The van der Waals surface area contributed by atoms with Crippen LogP contribution in [-0.4, -0.2) is 87.3 Å². The molecule has 0 bridgehead atoms. The van der Waals surface area contributed by atoms with E-state index < -0.39 is 65.7 Å². The summed E-state index contributed by atoms with van der Waals surface area (Å²) in [4.78, 5) is 37.0. The van der Waals surface area contributed by atoms with E-state index in [9.17, 15) is 24.8 Å². The van der Waals surface area contributed by atoms with E-state index in [1.807, 2.05) is 0 Å². The summed E-state index contributed by atoms with van der Waals surface area (Å²) in [5, 5.41) is 22.2. The average Bonchev–Trinajstić information content (AvgIpc) is 3.77. The standard InChI is InChI=1S/C36H35NO16/c1-16-45-14-29-26(49-16)12-23(38)35(51-29)52-32-21-11-25-24(47-15-48-25)10-20(21)30(31-22(32)13-46-34(31)39)17-8-27(43-2)33(28(9-17)44-3)53-36(40)50-19-6-4-18(5-7-19)37(41)42/h4-11,16,22-23,26,29-32,35,38H,12-15H2,1-3H3/t16?,22-,23?,26?,29?,30+,31-,32+,35?/m0/s1. The van der Waals surface area contributed by atoms with Gasteiger partial charge in [0.1, 0.15) is 18.0 Å². The first-order valence-electron chi connectivity index (χ1n) is 16.9. The van der Waals surface area contributed by atoms with Gasteiger partial charge in [0.2, 0.25) is 12.5 Å². The number of nitrogens with zero attached hydrogens (tertiary/aromatic N) is 1. The lowest BCUT2D eigenvalue weighted by Crippen LogP contribution is -2.55. The summed E-state index contributed by atoms with van der Waals surface area (Å²) in [6.07, 6.45) is -4.99. The van der Waals surface area contributed by atoms with Crippen molar-refractivity contribution in [3.63, 3.8) is 0 Å². The van der Waals surface area contributed by atoms with E-state index in [4.69, 9.17) is 52.1 Å². The second-order valence-electron chi connectivity index (χ2n) is 13.1. The molecule has 9 atom stereocenters. The van der Waals surface area contributed by atoms with E-state index in [-0.39, 0.29) is 61.2 Å². The van der Waals surface area contributed by atoms with Crippen molar-refractivity contribution in [1.29, 1.82) is 0 Å². The van der Waals surface area contributed by atoms with Crippen molar-refractivity contribution in [2.75, 3.05) is 34.2 Å². The van der Waals surface area contributed by atoms with Crippen molar-refractivity contribution in [2.45, 2.75) is 56.3 Å². The Morgan fingerprint density at radius 3 is 2.28 bits per heavy atom. The maximum Gasteiger partial charge on any atom is 0.519 e. The summed E-state index contributed by atoms with van der Waals surface area (Å²) >= 11 is 0. The number of cyclic esters (lactones) is 1. The Balaban J connectivity index is 1.13. The van der Waals surface area contributed by atoms with Crippen molar-refractivity contribution in [3.05, 3.63) is 75.3 Å². The fourth-order valence-electron chi connectivity index (χ4n) is 7.63. The molecule has 0 amide bonds. The smallest absolute Gasteiger partial charge is 0.493 e. The number of benzene rings is 3. The van der Waals surface area contributed by atoms with Crippen molar-refractivity contribution in [2.24, 2.45) is 11.8 Å². The minimum absolute atomic E-state index is 0.00108. The molecule has 3 saturated heterocycles. The maximum atomic E-state index is 13.7. The molecule has 8 rings (SSSR count). The number of esters is 1. The third-order valence-corrected chi connectivity index (χ3v) is 10.0. The molecule has 53 heavy (non-hydrogen) atoms. The number of hydrogen-bond donors (Lipinski definition) is 1. The van der Waals surface area contributed by atoms with Crippen LogP contribution in [0.5, 0.6) is 34.5 Å². The van der Waals surface area contributed by atoms with E-state index >= 15 is 0 Å². The number of nitro groups is 1. The molecule has 17 heteroatoms. The lowest BCUT2D eigenvalue weighted by atomic mass is 9.66. The van der Waals surface area contributed by atoms with Gasteiger partial charge in [0.15, 0.2) is 35.6 Å². The number of ether oxygens (including phenoxy) is 11. The highest BCUT2D eigenvalue weighted by molar-refractivity contribution is 5.79. The van der Waals surface area contributed by atoms with E-state index in [0.717, 1.165) is 0 Å². The number of carbonyl (C=O) groups excluding carboxylic acids is 2. The number of fused-ring (bicyclic) bond motifs is 4. The molecule has 3 aromatic rings. The molecule has 0 saturated carbocycles. The Morgan fingerprint density at radius 2 is 1.60 bits per heavy atom. The van der Waals surface area contributed by atoms with Crippen molar-refractivity contribution < 1.29 is 71.7 Å². The number of methoxy groups -OCH3 is 2. The lowest BCUT2D eigenvalue weighted by molar-refractivity contribution is -0.384. The van der Waals surface area contributed by atoms with Crippen molar-refractivity contribution >= 4 is 17.8 Å². The number of aliphatic hydroxyl groups is 1. The van der Waals surface area contributed by atoms with Crippen molar-refractivity contribution in [3.8, 4) is 34.5 Å². The molecule has 0 radical (unpaired) electrons. The lowest BCUT2D eigenvalue weighted by Gasteiger charge is -2.45. The van der Waals surface area contributed by atoms with E-state index in [2.05, 4.69) is 0 Å². The molecule has 5 aliphatic rings. The Labute approximate surface area is 301 Å². The number of non-ortho nitro benzene ring substituents is 1. The van der Waals surface area contributed by atoms with Crippen molar-refractivity contribution in [1.82, 2.24) is 0 Å². The zero-order valence-electron chi connectivity index (χ0n) is 28.7. The number of carbonyl (C=O) groups is 2. The van der Waals surface area contributed by atoms with Crippen LogP contribution >= 0.6 is 0 Å². The molecule has 280 valence electrons. The largest absolute Gasteiger partial charge is 0.519 e. The fourth-order valence-corrected chi connectivity index (χ4v) is 7.63. The highest BCUT2D eigenvalue weighted by Crippen LogP contribution is 2.57. The van der Waals surface area contributed by atoms with Gasteiger partial charge in [-0.15, -0.1) is 0 Å². The minimum atomic E-state index is -1.15. The monoisotopic (exact) mass is 737 g/mol. The van der Waals surface area contributed by atoms with Gasteiger partial charge < -0.3 is 57.2 Å². The predicted octanol–water partition coefficient (Wildman–Crippen LogP) is 4.15. The zero-order chi connectivity index (χ0) is 37.0. The van der Waals surface area contributed by atoms with Gasteiger partial charge in [0.25, 0.3) is 5.69 Å². The highest BCUT2D eigenvalue weighted by atomic mass is 16.8. The van der Waals surface area contributed by atoms with Crippen LogP contribution in [0.4, 0.5) is 10.5 Å². The third-order valence-electron chi connectivity index (χ3n) is 10.0. The Morgan fingerprint density at radius 1 is 0.906 bits per heavy atom. The summed E-state index contributed by atoms with van der Waals surface area (Å²) in [6, 6.07) is 11.7. The molecule has 17 nitrogen and oxygen atoms in total. The van der Waals surface area contributed by atoms with Crippen LogP contribution in [0.2, 0.25) is 0 Å². The second-order valence-corrected chi connectivity index (χ2v) is 13.1. The van der Waals surface area contributed by atoms with Gasteiger partial charge in [0, 0.05) is 30.4 Å². The first kappa shape index (κ1) is 34.9. The molecule has 0 spiro atoms. The normalized spacial score (nSPS) is 29.6. The molecule has 4 heterocycles. The maximum absolute atomic E-state index is 13.7. The van der Waals surface area contributed by atoms with Crippen LogP contribution in [0.3, 0.4) is 0 Å². The number of hydrogen-bond acceptors (Lipinski definition) is 16. The molecule has 3 fully saturated rings. The van der Waals surface area contributed by atoms with Gasteiger partial charge in [-0.05, 0) is 60.0 Å². The molecule has 4 aliphatic heterocycles. The summed E-state index contributed by atoms with van der Waals surface area (Å²) in [6.45, 7) is 2.08. The van der Waals surface area contributed by atoms with Crippen LogP contribution < -0.4 is 28.4 Å². The first-order valence-corrected chi connectivity index (χ1v) is 16.9. The zero-order valence-corrected chi connectivity index (χ0v) is 28.7. The van der Waals surface area contributed by atoms with E-state index in [0.29, 0.717) is 28.2 Å². The van der Waals surface area contributed by atoms with E-state index in [1.54, 1.807) is 31.2 Å². The Hall–Kier alpha value is -5.20. The van der Waals surface area contributed by atoms with Crippen LogP contribution in [-0.2, 0) is 28.5 Å². The van der Waals surface area contributed by atoms with Gasteiger partial charge in [-0.1, -0.05) is 0 Å². The average molecular weight is 738 g/mol. The molecule has 0 aromatic heterocycles. The highest BCUT2D eigenvalue weighted by Gasteiger charge is 2.55. The van der Waals surface area contributed by atoms with Crippen LogP contribution in [0.1, 0.15) is 42.1 Å². The van der Waals surface area contributed by atoms with Gasteiger partial charge in [-0.25, -0.2) is 4.79 Å². The minimum Gasteiger partial charge on any atom is -0.493 e. The van der Waals surface area contributed by atoms with Gasteiger partial charge in [0.05, 0.1) is 50.5 Å². The van der Waals surface area contributed by atoms with Crippen LogP contribution in [0.25, 0.3) is 0 Å². The van der Waals surface area contributed by atoms with Gasteiger partial charge in [-0.3, -0.25) is 14.9 Å². The molecule has 3 aromatic carbocycles. The van der Waals surface area contributed by atoms with Crippen LogP contribution in [0, 0.1) is 22.0 Å². The molecule has 1 aliphatic carbocycles. The molecular formula is C36H35NO16. The SMILES string of the molecule is COc1cc([C@@H]2c3cc4c(cc3[C@@H](OC3OC5COC(C)OC5CC3O)[C@H]3COC(=O)[C@H]23)OCO4)cc(OC)c1OC(=O)Oc1ccc([N+](=O)[O-])cc1. The number of nitro benzene ring substituents is 1. The van der Waals surface area contributed by atoms with Gasteiger partial charge in [-0.2, -0.15) is 0 Å². The predicted molar refractivity (Wildman–Crippen MR) is 175 cm³/mol. The quantitative estimate of drug-likeness (QED) is 0.150. The molecule has 1 N–H and O–H groups in total. The van der Waals surface area contributed by atoms with E-state index in [1.165, 1.54) is 38.5 Å². The Kier molecular flexibility index (Phi) is 9.20. The summed E-state index contributed by atoms with van der Waals surface area (Å²) in [5.41, 5.74) is 1.72.